The first-order chi connectivity index (χ1) is 14.2. The van der Waals surface area contributed by atoms with Gasteiger partial charge in [-0.25, -0.2) is 8.42 Å². The summed E-state index contributed by atoms with van der Waals surface area (Å²) in [5.74, 6) is 0.654. The molecule has 2 aromatic rings. The van der Waals surface area contributed by atoms with E-state index >= 15 is 0 Å². The molecule has 1 aliphatic carbocycles. The number of hydrazone groups is 1. The summed E-state index contributed by atoms with van der Waals surface area (Å²) in [5.41, 5.74) is 5.88. The monoisotopic (exact) mass is 430 g/mol. The van der Waals surface area contributed by atoms with Crippen LogP contribution in [0.25, 0.3) is 0 Å². The van der Waals surface area contributed by atoms with Crippen molar-refractivity contribution in [3.63, 3.8) is 0 Å². The fourth-order valence-corrected chi connectivity index (χ4v) is 4.72. The molecule has 0 heterocycles. The third-order valence-electron chi connectivity index (χ3n) is 5.28. The van der Waals surface area contributed by atoms with Gasteiger partial charge in [0.2, 0.25) is 0 Å². The highest BCUT2D eigenvalue weighted by atomic mass is 32.2. The minimum Gasteiger partial charge on any atom is -0.279 e. The van der Waals surface area contributed by atoms with Gasteiger partial charge in [-0.1, -0.05) is 24.6 Å². The van der Waals surface area contributed by atoms with Gasteiger partial charge in [-0.2, -0.15) is 5.10 Å². The Morgan fingerprint density at radius 1 is 1.07 bits per heavy atom. The molecule has 9 heteroatoms. The molecule has 2 N–H and O–H groups in total. The summed E-state index contributed by atoms with van der Waals surface area (Å²) in [4.78, 5) is 10.4. The Kier molecular flexibility index (Phi) is 6.40. The van der Waals surface area contributed by atoms with Crippen LogP contribution in [0.4, 0.5) is 17.1 Å². The predicted molar refractivity (Wildman–Crippen MR) is 119 cm³/mol. The van der Waals surface area contributed by atoms with E-state index in [9.17, 15) is 18.5 Å². The van der Waals surface area contributed by atoms with E-state index in [1.54, 1.807) is 19.1 Å². The predicted octanol–water partition coefficient (Wildman–Crippen LogP) is 4.99. The quantitative estimate of drug-likeness (QED) is 0.495. The summed E-state index contributed by atoms with van der Waals surface area (Å²) in [6.07, 6.45) is 3.79. The highest BCUT2D eigenvalue weighted by molar-refractivity contribution is 7.92. The Morgan fingerprint density at radius 2 is 1.73 bits per heavy atom. The number of rotatable bonds is 6. The van der Waals surface area contributed by atoms with Crippen molar-refractivity contribution in [2.24, 2.45) is 11.0 Å². The molecule has 1 fully saturated rings. The van der Waals surface area contributed by atoms with Gasteiger partial charge >= 0.3 is 0 Å². The van der Waals surface area contributed by atoms with Crippen molar-refractivity contribution in [2.45, 2.75) is 51.3 Å². The Bertz CT molecular complexity index is 1090. The number of nitro groups is 1. The number of hydrogen-bond donors (Lipinski definition) is 2. The average molecular weight is 431 g/mol. The summed E-state index contributed by atoms with van der Waals surface area (Å²) in [7, 11) is -4.08. The second-order valence-corrected chi connectivity index (χ2v) is 9.48. The highest BCUT2D eigenvalue weighted by Crippen LogP contribution is 2.30. The van der Waals surface area contributed by atoms with Crippen LogP contribution in [-0.2, 0) is 10.0 Å². The molecule has 0 amide bonds. The van der Waals surface area contributed by atoms with Crippen LogP contribution in [0.3, 0.4) is 0 Å². The van der Waals surface area contributed by atoms with Crippen molar-refractivity contribution < 1.29 is 13.3 Å². The normalized spacial score (nSPS) is 16.8. The molecule has 30 heavy (non-hydrogen) atoms. The second-order valence-electron chi connectivity index (χ2n) is 7.83. The number of hydrogen-bond acceptors (Lipinski definition) is 6. The van der Waals surface area contributed by atoms with Gasteiger partial charge in [0.05, 0.1) is 16.3 Å². The number of anilines is 2. The van der Waals surface area contributed by atoms with E-state index in [1.165, 1.54) is 12.1 Å². The maximum Gasteiger partial charge on any atom is 0.270 e. The van der Waals surface area contributed by atoms with Gasteiger partial charge in [0, 0.05) is 17.8 Å². The van der Waals surface area contributed by atoms with Crippen molar-refractivity contribution in [3.05, 3.63) is 57.6 Å². The summed E-state index contributed by atoms with van der Waals surface area (Å²) < 4.78 is 28.8. The minimum atomic E-state index is -4.08. The lowest BCUT2D eigenvalue weighted by atomic mass is 9.90. The first-order valence-corrected chi connectivity index (χ1v) is 11.3. The SMILES string of the molecule is Cc1ccc(NS(=O)(=O)c2cc([N+](=O)[O-])ccc2NN=C2CCC(C)CC2)c(C)c1. The van der Waals surface area contributed by atoms with E-state index in [-0.39, 0.29) is 16.3 Å². The van der Waals surface area contributed by atoms with Crippen LogP contribution in [0.1, 0.15) is 43.7 Å². The molecule has 0 aliphatic heterocycles. The zero-order valence-electron chi connectivity index (χ0n) is 17.3. The number of non-ortho nitro benzene ring substituents is 1. The molecule has 3 rings (SSSR count). The number of sulfonamides is 1. The molecule has 1 saturated carbocycles. The van der Waals surface area contributed by atoms with Crippen molar-refractivity contribution in [3.8, 4) is 0 Å². The molecule has 0 unspecified atom stereocenters. The van der Waals surface area contributed by atoms with E-state index < -0.39 is 14.9 Å². The van der Waals surface area contributed by atoms with E-state index in [4.69, 9.17) is 0 Å². The molecule has 0 saturated heterocycles. The molecule has 8 nitrogen and oxygen atoms in total. The standard InChI is InChI=1S/C21H26N4O4S/c1-14-4-7-17(8-5-14)22-23-20-11-9-18(25(26)27)13-21(20)30(28,29)24-19-10-6-15(2)12-16(19)3/h6,9-14,23-24H,4-5,7-8H2,1-3H3. The number of nitrogens with one attached hydrogen (secondary N) is 2. The first kappa shape index (κ1) is 21.8. The van der Waals surface area contributed by atoms with Crippen LogP contribution in [0, 0.1) is 29.9 Å². The third-order valence-corrected chi connectivity index (χ3v) is 6.68. The first-order valence-electron chi connectivity index (χ1n) is 9.85. The van der Waals surface area contributed by atoms with Gasteiger partial charge in [-0.05, 0) is 63.1 Å². The Balaban J connectivity index is 1.95. The maximum atomic E-state index is 13.1. The molecule has 0 bridgehead atoms. The maximum absolute atomic E-state index is 13.1. The molecule has 1 aliphatic rings. The van der Waals surface area contributed by atoms with Gasteiger partial charge in [-0.3, -0.25) is 20.3 Å². The zero-order chi connectivity index (χ0) is 21.9. The minimum absolute atomic E-state index is 0.198. The van der Waals surface area contributed by atoms with Gasteiger partial charge in [0.1, 0.15) is 4.90 Å². The fourth-order valence-electron chi connectivity index (χ4n) is 3.41. The number of nitrogens with zero attached hydrogens (tertiary/aromatic N) is 2. The zero-order valence-corrected chi connectivity index (χ0v) is 18.1. The van der Waals surface area contributed by atoms with Gasteiger partial charge in [0.25, 0.3) is 15.7 Å². The van der Waals surface area contributed by atoms with E-state index in [0.717, 1.165) is 48.6 Å². The Morgan fingerprint density at radius 3 is 2.37 bits per heavy atom. The number of aryl methyl sites for hydroxylation is 2. The topological polar surface area (TPSA) is 114 Å². The summed E-state index contributed by atoms with van der Waals surface area (Å²) >= 11 is 0. The molecule has 0 spiro atoms. The van der Waals surface area contributed by atoms with Crippen molar-refractivity contribution in [2.75, 3.05) is 10.1 Å². The molecule has 0 atom stereocenters. The second kappa shape index (κ2) is 8.83. The van der Waals surface area contributed by atoms with E-state index in [0.29, 0.717) is 11.6 Å². The van der Waals surface area contributed by atoms with Crippen molar-refractivity contribution in [1.29, 1.82) is 0 Å². The highest BCUT2D eigenvalue weighted by Gasteiger charge is 2.23. The fraction of sp³-hybridized carbons (Fsp3) is 0.381. The lowest BCUT2D eigenvalue weighted by Crippen LogP contribution is -2.17. The third kappa shape index (κ3) is 5.15. The van der Waals surface area contributed by atoms with Gasteiger partial charge in [-0.15, -0.1) is 0 Å². The van der Waals surface area contributed by atoms with Crippen molar-refractivity contribution in [1.82, 2.24) is 0 Å². The van der Waals surface area contributed by atoms with Crippen LogP contribution in [0.2, 0.25) is 0 Å². The molecular formula is C21H26N4O4S. The van der Waals surface area contributed by atoms with Crippen molar-refractivity contribution >= 4 is 32.8 Å². The van der Waals surface area contributed by atoms with Crippen LogP contribution in [0.5, 0.6) is 0 Å². The van der Waals surface area contributed by atoms with Gasteiger partial charge in [0.15, 0.2) is 0 Å². The molecule has 0 radical (unpaired) electrons. The molecular weight excluding hydrogens is 404 g/mol. The summed E-state index contributed by atoms with van der Waals surface area (Å²) in [6.45, 7) is 5.91. The Labute approximate surface area is 176 Å². The number of benzene rings is 2. The largest absolute Gasteiger partial charge is 0.279 e. The lowest BCUT2D eigenvalue weighted by Gasteiger charge is -2.19. The summed E-state index contributed by atoms with van der Waals surface area (Å²) in [6, 6.07) is 9.03. The van der Waals surface area contributed by atoms with Crippen LogP contribution in [0.15, 0.2) is 46.4 Å². The Hall–Kier alpha value is -2.94. The molecule has 0 aromatic heterocycles. The smallest absolute Gasteiger partial charge is 0.270 e. The average Bonchev–Trinajstić information content (AvgIpc) is 2.69. The molecule has 160 valence electrons. The van der Waals surface area contributed by atoms with E-state index in [2.05, 4.69) is 22.2 Å². The summed E-state index contributed by atoms with van der Waals surface area (Å²) in [5, 5.41) is 15.6. The number of nitro benzene ring substituents is 1. The molecule has 2 aromatic carbocycles. The van der Waals surface area contributed by atoms with Crippen LogP contribution >= 0.6 is 0 Å². The van der Waals surface area contributed by atoms with Gasteiger partial charge < -0.3 is 0 Å². The lowest BCUT2D eigenvalue weighted by molar-refractivity contribution is -0.385. The van der Waals surface area contributed by atoms with Crippen LogP contribution < -0.4 is 10.1 Å². The van der Waals surface area contributed by atoms with E-state index in [1.807, 2.05) is 13.0 Å². The van der Waals surface area contributed by atoms with Crippen LogP contribution in [-0.4, -0.2) is 19.1 Å².